The molecule has 0 atom stereocenters. The van der Waals surface area contributed by atoms with Crippen molar-refractivity contribution in [3.8, 4) is 11.5 Å². The second-order valence-corrected chi connectivity index (χ2v) is 5.24. The van der Waals surface area contributed by atoms with Crippen molar-refractivity contribution in [1.82, 2.24) is 9.38 Å². The maximum atomic E-state index is 6.16. The maximum absolute atomic E-state index is 6.16. The fraction of sp³-hybridized carbons (Fsp3) is 0.154. The van der Waals surface area contributed by atoms with Crippen LogP contribution in [0.15, 0.2) is 39.5 Å². The Morgan fingerprint density at radius 2 is 2.05 bits per heavy atom. The highest BCUT2D eigenvalue weighted by atomic mass is 79.9. The molecule has 0 aliphatic rings. The van der Waals surface area contributed by atoms with Crippen molar-refractivity contribution >= 4 is 33.1 Å². The summed E-state index contributed by atoms with van der Waals surface area (Å²) in [6.07, 6.45) is 1.96. The van der Waals surface area contributed by atoms with E-state index >= 15 is 0 Å². The topological polar surface area (TPSA) is 59.7 Å². The van der Waals surface area contributed by atoms with Gasteiger partial charge in [0.05, 0.1) is 5.69 Å². The van der Waals surface area contributed by atoms with E-state index in [1.807, 2.05) is 53.9 Å². The normalized spacial score (nSPS) is 11.1. The second kappa shape index (κ2) is 4.31. The van der Waals surface area contributed by atoms with Gasteiger partial charge < -0.3 is 15.1 Å². The van der Waals surface area contributed by atoms with Gasteiger partial charge in [-0.25, -0.2) is 4.98 Å². The third-order valence-electron chi connectivity index (χ3n) is 2.96. The number of hydrogen-bond donors (Lipinski definition) is 1. The third-order valence-corrected chi connectivity index (χ3v) is 3.39. The summed E-state index contributed by atoms with van der Waals surface area (Å²) in [6.45, 7) is 0. The number of halogens is 1. The first-order valence-corrected chi connectivity index (χ1v) is 6.56. The van der Waals surface area contributed by atoms with Gasteiger partial charge in [0.25, 0.3) is 0 Å². The van der Waals surface area contributed by atoms with Crippen LogP contribution in [0.25, 0.3) is 17.1 Å². The molecule has 3 rings (SSSR count). The van der Waals surface area contributed by atoms with Crippen molar-refractivity contribution in [2.45, 2.75) is 0 Å². The van der Waals surface area contributed by atoms with Gasteiger partial charge in [-0.05, 0) is 40.2 Å². The van der Waals surface area contributed by atoms with Crippen LogP contribution in [-0.4, -0.2) is 23.5 Å². The molecule has 6 heteroatoms. The van der Waals surface area contributed by atoms with Crippen LogP contribution in [0.3, 0.4) is 0 Å². The lowest BCUT2D eigenvalue weighted by atomic mass is 10.3. The van der Waals surface area contributed by atoms with E-state index in [1.54, 1.807) is 0 Å². The van der Waals surface area contributed by atoms with Gasteiger partial charge in [0.15, 0.2) is 10.4 Å². The molecule has 0 saturated heterocycles. The number of pyridine rings is 1. The zero-order valence-electron chi connectivity index (χ0n) is 10.6. The molecule has 3 heterocycles. The molecule has 98 valence electrons. The summed E-state index contributed by atoms with van der Waals surface area (Å²) in [5.74, 6) is 1.22. The van der Waals surface area contributed by atoms with Crippen LogP contribution in [0.5, 0.6) is 0 Å². The molecule has 0 unspecified atom stereocenters. The summed E-state index contributed by atoms with van der Waals surface area (Å²) in [5.41, 5.74) is 8.67. The van der Waals surface area contributed by atoms with E-state index in [1.165, 1.54) is 0 Å². The Hall–Kier alpha value is -1.95. The molecule has 5 nitrogen and oxygen atoms in total. The quantitative estimate of drug-likeness (QED) is 0.788. The van der Waals surface area contributed by atoms with Crippen LogP contribution >= 0.6 is 15.9 Å². The zero-order chi connectivity index (χ0) is 13.6. The highest BCUT2D eigenvalue weighted by Crippen LogP contribution is 2.30. The van der Waals surface area contributed by atoms with E-state index in [0.717, 1.165) is 11.3 Å². The number of hydrogen-bond acceptors (Lipinski definition) is 4. The Morgan fingerprint density at radius 1 is 1.26 bits per heavy atom. The molecule has 0 aliphatic carbocycles. The summed E-state index contributed by atoms with van der Waals surface area (Å²) < 4.78 is 8.03. The molecule has 3 aromatic heterocycles. The smallest absolute Gasteiger partial charge is 0.169 e. The Balaban J connectivity index is 2.20. The van der Waals surface area contributed by atoms with Crippen molar-refractivity contribution in [3.63, 3.8) is 0 Å². The fourth-order valence-corrected chi connectivity index (χ4v) is 2.25. The van der Waals surface area contributed by atoms with Gasteiger partial charge in [-0.3, -0.25) is 4.40 Å². The number of nitrogen functional groups attached to an aromatic ring is 1. The minimum atomic E-state index is 0.570. The van der Waals surface area contributed by atoms with Crippen LogP contribution in [0.1, 0.15) is 0 Å². The molecule has 0 aliphatic heterocycles. The number of furan rings is 1. The second-order valence-electron chi connectivity index (χ2n) is 4.46. The molecular weight excluding hydrogens is 308 g/mol. The summed E-state index contributed by atoms with van der Waals surface area (Å²) >= 11 is 3.28. The largest absolute Gasteiger partial charge is 0.448 e. The minimum absolute atomic E-state index is 0.570. The predicted molar refractivity (Wildman–Crippen MR) is 79.3 cm³/mol. The first kappa shape index (κ1) is 12.1. The third kappa shape index (κ3) is 1.98. The first-order chi connectivity index (χ1) is 9.06. The van der Waals surface area contributed by atoms with Gasteiger partial charge in [0, 0.05) is 20.3 Å². The van der Waals surface area contributed by atoms with Crippen LogP contribution in [0.4, 0.5) is 11.5 Å². The van der Waals surface area contributed by atoms with Crippen LogP contribution in [-0.2, 0) is 0 Å². The zero-order valence-corrected chi connectivity index (χ0v) is 12.2. The Labute approximate surface area is 118 Å². The van der Waals surface area contributed by atoms with Gasteiger partial charge in [0.2, 0.25) is 0 Å². The molecule has 0 amide bonds. The van der Waals surface area contributed by atoms with E-state index in [0.29, 0.717) is 21.9 Å². The van der Waals surface area contributed by atoms with Crippen LogP contribution < -0.4 is 10.6 Å². The average molecular weight is 321 g/mol. The van der Waals surface area contributed by atoms with Gasteiger partial charge in [-0.1, -0.05) is 0 Å². The van der Waals surface area contributed by atoms with E-state index < -0.39 is 0 Å². The van der Waals surface area contributed by atoms with E-state index in [4.69, 9.17) is 10.2 Å². The molecular formula is C13H13BrN4O. The van der Waals surface area contributed by atoms with Gasteiger partial charge >= 0.3 is 0 Å². The molecule has 0 fully saturated rings. The Kier molecular flexibility index (Phi) is 2.74. The van der Waals surface area contributed by atoms with Crippen molar-refractivity contribution in [1.29, 1.82) is 0 Å². The lowest BCUT2D eigenvalue weighted by Gasteiger charge is -2.12. The van der Waals surface area contributed by atoms with Crippen LogP contribution in [0.2, 0.25) is 0 Å². The summed E-state index contributed by atoms with van der Waals surface area (Å²) in [6, 6.07) is 7.61. The molecule has 0 spiro atoms. The summed E-state index contributed by atoms with van der Waals surface area (Å²) in [5, 5.41) is 0. The molecule has 0 bridgehead atoms. The molecule has 2 N–H and O–H groups in total. The Morgan fingerprint density at radius 3 is 2.68 bits per heavy atom. The number of aromatic nitrogens is 2. The lowest BCUT2D eigenvalue weighted by Crippen LogP contribution is -2.09. The number of fused-ring (bicyclic) bond motifs is 1. The standard InChI is InChI=1S/C13H13BrN4O/c1-17(2)8-3-6-11-16-12(13(15)18(11)7-8)9-4-5-10(14)19-9/h3-7H,15H2,1-2H3. The fourth-order valence-electron chi connectivity index (χ4n) is 1.94. The molecule has 3 aromatic rings. The van der Waals surface area contributed by atoms with Crippen molar-refractivity contribution in [2.24, 2.45) is 0 Å². The van der Waals surface area contributed by atoms with Gasteiger partial charge in [-0.15, -0.1) is 0 Å². The number of nitrogens with zero attached hydrogens (tertiary/aromatic N) is 3. The number of imidazole rings is 1. The highest BCUT2D eigenvalue weighted by molar-refractivity contribution is 9.10. The number of anilines is 2. The summed E-state index contributed by atoms with van der Waals surface area (Å²) in [7, 11) is 3.97. The van der Waals surface area contributed by atoms with E-state index in [2.05, 4.69) is 20.9 Å². The molecule has 0 radical (unpaired) electrons. The minimum Gasteiger partial charge on any atom is -0.448 e. The maximum Gasteiger partial charge on any atom is 0.169 e. The van der Waals surface area contributed by atoms with Crippen LogP contribution in [0, 0.1) is 0 Å². The molecule has 19 heavy (non-hydrogen) atoms. The van der Waals surface area contributed by atoms with Gasteiger partial charge in [-0.2, -0.15) is 0 Å². The van der Waals surface area contributed by atoms with Gasteiger partial charge in [0.1, 0.15) is 17.2 Å². The summed E-state index contributed by atoms with van der Waals surface area (Å²) in [4.78, 5) is 6.52. The Bertz CT molecular complexity index is 744. The average Bonchev–Trinajstić information content (AvgIpc) is 2.93. The lowest BCUT2D eigenvalue weighted by molar-refractivity contribution is 0.554. The monoisotopic (exact) mass is 320 g/mol. The predicted octanol–water partition coefficient (Wildman–Crippen LogP) is 3.01. The SMILES string of the molecule is CN(C)c1ccc2nc(-c3ccc(Br)o3)c(N)n2c1. The van der Waals surface area contributed by atoms with E-state index in [-0.39, 0.29) is 0 Å². The highest BCUT2D eigenvalue weighted by Gasteiger charge is 2.14. The number of nitrogens with two attached hydrogens (primary N) is 1. The van der Waals surface area contributed by atoms with Crippen molar-refractivity contribution < 1.29 is 4.42 Å². The number of rotatable bonds is 2. The molecule has 0 aromatic carbocycles. The van der Waals surface area contributed by atoms with Crippen molar-refractivity contribution in [3.05, 3.63) is 35.1 Å². The van der Waals surface area contributed by atoms with E-state index in [9.17, 15) is 0 Å². The van der Waals surface area contributed by atoms with Crippen molar-refractivity contribution in [2.75, 3.05) is 24.7 Å². The molecule has 0 saturated carbocycles. The first-order valence-electron chi connectivity index (χ1n) is 5.77.